The molecule has 4 heteroatoms. The molecule has 1 aromatic carbocycles. The van der Waals surface area contributed by atoms with Crippen LogP contribution in [0.4, 0.5) is 0 Å². The number of piperazine rings is 1. The Morgan fingerprint density at radius 3 is 2.79 bits per heavy atom. The molecule has 1 N–H and O–H groups in total. The summed E-state index contributed by atoms with van der Waals surface area (Å²) in [5.41, 5.74) is 1.36. The number of hydrogen-bond acceptors (Lipinski definition) is 3. The van der Waals surface area contributed by atoms with E-state index >= 15 is 0 Å². The first-order chi connectivity index (χ1) is 9.02. The predicted octanol–water partition coefficient (Wildman–Crippen LogP) is 1.87. The molecule has 2 rings (SSSR count). The highest BCUT2D eigenvalue weighted by Gasteiger charge is 2.27. The molecule has 1 saturated heterocycles. The number of rotatable bonds is 2. The van der Waals surface area contributed by atoms with Crippen molar-refractivity contribution in [3.8, 4) is 5.75 Å². The molecule has 1 heterocycles. The van der Waals surface area contributed by atoms with E-state index in [9.17, 15) is 9.90 Å². The van der Waals surface area contributed by atoms with Gasteiger partial charge in [0.1, 0.15) is 5.75 Å². The van der Waals surface area contributed by atoms with Gasteiger partial charge in [0.15, 0.2) is 0 Å². The van der Waals surface area contributed by atoms with Gasteiger partial charge in [0.2, 0.25) is 0 Å². The Morgan fingerprint density at radius 1 is 1.42 bits per heavy atom. The lowest BCUT2D eigenvalue weighted by molar-refractivity contribution is 0.0539. The second kappa shape index (κ2) is 5.61. The van der Waals surface area contributed by atoms with Crippen LogP contribution in [0.3, 0.4) is 0 Å². The van der Waals surface area contributed by atoms with E-state index in [0.717, 1.165) is 31.6 Å². The van der Waals surface area contributed by atoms with E-state index in [1.807, 2.05) is 17.9 Å². The summed E-state index contributed by atoms with van der Waals surface area (Å²) in [6.07, 6.45) is 1.03. The van der Waals surface area contributed by atoms with E-state index in [4.69, 9.17) is 0 Å². The standard InChI is InChI=1S/C15H22N2O2/c1-4-12-10-17(8-7-16(12)3)15(19)13-6-5-11(2)9-14(13)18/h5-6,9,12,18H,4,7-8,10H2,1-3H3. The Kier molecular flexibility index (Phi) is 4.10. The van der Waals surface area contributed by atoms with E-state index < -0.39 is 0 Å². The van der Waals surface area contributed by atoms with Crippen molar-refractivity contribution < 1.29 is 9.90 Å². The quantitative estimate of drug-likeness (QED) is 0.885. The molecule has 104 valence electrons. The molecule has 0 aromatic heterocycles. The number of hydrogen-bond donors (Lipinski definition) is 1. The van der Waals surface area contributed by atoms with E-state index in [1.54, 1.807) is 12.1 Å². The number of phenols is 1. The van der Waals surface area contributed by atoms with E-state index in [1.165, 1.54) is 0 Å². The van der Waals surface area contributed by atoms with Gasteiger partial charge in [-0.05, 0) is 38.1 Å². The summed E-state index contributed by atoms with van der Waals surface area (Å²) in [7, 11) is 2.10. The molecule has 4 nitrogen and oxygen atoms in total. The maximum atomic E-state index is 12.4. The number of likely N-dealkylation sites (N-methyl/N-ethyl adjacent to an activating group) is 1. The van der Waals surface area contributed by atoms with Crippen LogP contribution >= 0.6 is 0 Å². The van der Waals surface area contributed by atoms with Crippen LogP contribution in [0.5, 0.6) is 5.75 Å². The van der Waals surface area contributed by atoms with Crippen molar-refractivity contribution in [1.82, 2.24) is 9.80 Å². The Balaban J connectivity index is 2.15. The molecule has 1 aliphatic heterocycles. The van der Waals surface area contributed by atoms with Gasteiger partial charge in [0.05, 0.1) is 5.56 Å². The number of carbonyl (C=O) groups is 1. The number of aromatic hydroxyl groups is 1. The summed E-state index contributed by atoms with van der Waals surface area (Å²) in [4.78, 5) is 16.6. The summed E-state index contributed by atoms with van der Waals surface area (Å²) in [5, 5.41) is 9.91. The topological polar surface area (TPSA) is 43.8 Å². The zero-order valence-electron chi connectivity index (χ0n) is 11.9. The van der Waals surface area contributed by atoms with Crippen LogP contribution in [0.1, 0.15) is 29.3 Å². The fraction of sp³-hybridized carbons (Fsp3) is 0.533. The zero-order valence-corrected chi connectivity index (χ0v) is 11.9. The van der Waals surface area contributed by atoms with Crippen LogP contribution in [0, 0.1) is 6.92 Å². The third-order valence-corrected chi connectivity index (χ3v) is 3.92. The van der Waals surface area contributed by atoms with E-state index in [2.05, 4.69) is 18.9 Å². The van der Waals surface area contributed by atoms with Gasteiger partial charge in [0.25, 0.3) is 5.91 Å². The van der Waals surface area contributed by atoms with Crippen molar-refractivity contribution in [3.63, 3.8) is 0 Å². The van der Waals surface area contributed by atoms with Crippen molar-refractivity contribution in [3.05, 3.63) is 29.3 Å². The second-order valence-electron chi connectivity index (χ2n) is 5.31. The predicted molar refractivity (Wildman–Crippen MR) is 75.5 cm³/mol. The minimum absolute atomic E-state index is 0.0657. The molecule has 1 aliphatic rings. The van der Waals surface area contributed by atoms with Crippen molar-refractivity contribution in [2.45, 2.75) is 26.3 Å². The molecule has 1 aromatic rings. The van der Waals surface area contributed by atoms with Gasteiger partial charge < -0.3 is 10.0 Å². The molecular formula is C15H22N2O2. The minimum atomic E-state index is -0.0657. The summed E-state index contributed by atoms with van der Waals surface area (Å²) in [6, 6.07) is 5.62. The van der Waals surface area contributed by atoms with Crippen LogP contribution in [-0.4, -0.2) is 53.5 Å². The summed E-state index contributed by atoms with van der Waals surface area (Å²) in [6.45, 7) is 6.38. The number of phenolic OH excluding ortho intramolecular Hbond substituents is 1. The minimum Gasteiger partial charge on any atom is -0.507 e. The van der Waals surface area contributed by atoms with Gasteiger partial charge in [-0.15, -0.1) is 0 Å². The number of aryl methyl sites for hydroxylation is 1. The fourth-order valence-electron chi connectivity index (χ4n) is 2.56. The van der Waals surface area contributed by atoms with Gasteiger partial charge in [0, 0.05) is 25.7 Å². The van der Waals surface area contributed by atoms with Crippen LogP contribution in [0.25, 0.3) is 0 Å². The first-order valence-corrected chi connectivity index (χ1v) is 6.82. The maximum absolute atomic E-state index is 12.4. The van der Waals surface area contributed by atoms with Crippen LogP contribution < -0.4 is 0 Å². The Bertz CT molecular complexity index is 473. The third-order valence-electron chi connectivity index (χ3n) is 3.92. The largest absolute Gasteiger partial charge is 0.507 e. The molecule has 1 atom stereocenters. The number of amides is 1. The molecule has 0 aliphatic carbocycles. The van der Waals surface area contributed by atoms with E-state index in [-0.39, 0.29) is 11.7 Å². The summed E-state index contributed by atoms with van der Waals surface area (Å²) in [5.74, 6) is 0.0148. The molecular weight excluding hydrogens is 240 g/mol. The average Bonchev–Trinajstić information content (AvgIpc) is 2.38. The Hall–Kier alpha value is -1.55. The first kappa shape index (κ1) is 13.9. The number of benzene rings is 1. The monoisotopic (exact) mass is 262 g/mol. The average molecular weight is 262 g/mol. The Labute approximate surface area is 114 Å². The van der Waals surface area contributed by atoms with Crippen LogP contribution in [-0.2, 0) is 0 Å². The van der Waals surface area contributed by atoms with Gasteiger partial charge in [-0.25, -0.2) is 0 Å². The highest BCUT2D eigenvalue weighted by Crippen LogP contribution is 2.22. The van der Waals surface area contributed by atoms with Crippen LogP contribution in [0.2, 0.25) is 0 Å². The third kappa shape index (κ3) is 2.89. The van der Waals surface area contributed by atoms with Gasteiger partial charge in [-0.3, -0.25) is 9.69 Å². The molecule has 0 saturated carbocycles. The summed E-state index contributed by atoms with van der Waals surface area (Å²) >= 11 is 0. The highest BCUT2D eigenvalue weighted by molar-refractivity contribution is 5.97. The van der Waals surface area contributed by atoms with Crippen molar-refractivity contribution in [1.29, 1.82) is 0 Å². The van der Waals surface area contributed by atoms with Crippen molar-refractivity contribution >= 4 is 5.91 Å². The molecule has 0 radical (unpaired) electrons. The van der Waals surface area contributed by atoms with Gasteiger partial charge in [-0.2, -0.15) is 0 Å². The lowest BCUT2D eigenvalue weighted by atomic mass is 10.1. The van der Waals surface area contributed by atoms with Crippen LogP contribution in [0.15, 0.2) is 18.2 Å². The first-order valence-electron chi connectivity index (χ1n) is 6.82. The molecule has 0 spiro atoms. The smallest absolute Gasteiger partial charge is 0.257 e. The lowest BCUT2D eigenvalue weighted by Crippen LogP contribution is -2.52. The zero-order chi connectivity index (χ0) is 14.0. The molecule has 19 heavy (non-hydrogen) atoms. The number of nitrogens with zero attached hydrogens (tertiary/aromatic N) is 2. The van der Waals surface area contributed by atoms with Crippen molar-refractivity contribution in [2.75, 3.05) is 26.7 Å². The molecule has 1 unspecified atom stereocenters. The highest BCUT2D eigenvalue weighted by atomic mass is 16.3. The molecule has 1 fully saturated rings. The van der Waals surface area contributed by atoms with E-state index in [0.29, 0.717) is 11.6 Å². The lowest BCUT2D eigenvalue weighted by Gasteiger charge is -2.39. The number of carbonyl (C=O) groups excluding carboxylic acids is 1. The van der Waals surface area contributed by atoms with Gasteiger partial charge >= 0.3 is 0 Å². The van der Waals surface area contributed by atoms with Crippen molar-refractivity contribution in [2.24, 2.45) is 0 Å². The second-order valence-corrected chi connectivity index (χ2v) is 5.31. The summed E-state index contributed by atoms with van der Waals surface area (Å²) < 4.78 is 0. The Morgan fingerprint density at radius 2 is 2.16 bits per heavy atom. The fourth-order valence-corrected chi connectivity index (χ4v) is 2.56. The SMILES string of the molecule is CCC1CN(C(=O)c2ccc(C)cc2O)CCN1C. The maximum Gasteiger partial charge on any atom is 0.257 e. The normalized spacial score (nSPS) is 20.6. The molecule has 0 bridgehead atoms. The van der Waals surface area contributed by atoms with Gasteiger partial charge in [-0.1, -0.05) is 13.0 Å². The molecule has 1 amide bonds.